The van der Waals surface area contributed by atoms with Gasteiger partial charge in [-0.3, -0.25) is 29.5 Å². The molecular formula is C36H34ClN3O6. The number of rotatable bonds is 6. The molecular weight excluding hydrogens is 606 g/mol. The monoisotopic (exact) mass is 639 g/mol. The van der Waals surface area contributed by atoms with Crippen LogP contribution in [-0.4, -0.2) is 52.3 Å². The predicted molar refractivity (Wildman–Crippen MR) is 171 cm³/mol. The van der Waals surface area contributed by atoms with Crippen LogP contribution in [0.25, 0.3) is 0 Å². The molecule has 0 unspecified atom stereocenters. The fraction of sp³-hybridized carbons (Fsp3) is 0.333. The zero-order valence-corrected chi connectivity index (χ0v) is 26.5. The number of fused-ring (bicyclic) bond motifs is 4. The lowest BCUT2D eigenvalue weighted by molar-refractivity contribution is -0.141. The molecule has 9 nitrogen and oxygen atoms in total. The lowest BCUT2D eigenvalue weighted by Crippen LogP contribution is -2.53. The standard InChI is InChI=1S/C36H34ClN3O6/c1-4-39-32(42)24-15-14-23-25(29(24)34(39)44)18-26-33(43)40(38-22-12-10-19(2)11-13-22)35(45)36(26,21-8-6-5-7-9-21)30(23)20-16-27(37)31(41)28(17-20)46-3/h5-14,16-17,24-26,29-30,38,41H,4,15,18H2,1-3H3/t24-,25+,26-,29-,30-,36+/m0/s1. The lowest BCUT2D eigenvalue weighted by atomic mass is 9.49. The SMILES string of the molecule is CCN1C(=O)[C@H]2[C@H](CC=C3[C@H]2C[C@H]2C(=O)N(Nc4ccc(C)cc4)C(=O)[C@@]2(c2ccccc2)[C@H]3c2cc(Cl)c(O)c(OC)c2)C1=O. The number of phenolic OH excluding ortho intramolecular Hbond substituents is 1. The number of hydrogen-bond donors (Lipinski definition) is 2. The number of anilines is 1. The van der Waals surface area contributed by atoms with Crippen molar-refractivity contribution in [1.29, 1.82) is 0 Å². The molecule has 2 aliphatic carbocycles. The van der Waals surface area contributed by atoms with Crippen molar-refractivity contribution in [3.63, 3.8) is 0 Å². The molecule has 0 aromatic heterocycles. The van der Waals surface area contributed by atoms with Crippen molar-refractivity contribution in [2.24, 2.45) is 23.7 Å². The van der Waals surface area contributed by atoms with Gasteiger partial charge in [0.2, 0.25) is 11.8 Å². The smallest absolute Gasteiger partial charge is 0.260 e. The fourth-order valence-corrected chi connectivity index (χ4v) is 8.63. The normalized spacial score (nSPS) is 28.5. The van der Waals surface area contributed by atoms with E-state index in [-0.39, 0.29) is 41.3 Å². The highest BCUT2D eigenvalue weighted by Gasteiger charge is 2.70. The summed E-state index contributed by atoms with van der Waals surface area (Å²) in [5.74, 6) is -4.73. The molecule has 7 rings (SSSR count). The molecule has 236 valence electrons. The summed E-state index contributed by atoms with van der Waals surface area (Å²) >= 11 is 6.58. The van der Waals surface area contributed by atoms with Crippen LogP contribution in [-0.2, 0) is 24.6 Å². The molecule has 1 saturated carbocycles. The second-order valence-electron chi connectivity index (χ2n) is 12.6. The summed E-state index contributed by atoms with van der Waals surface area (Å²) in [5, 5.41) is 11.8. The number of carbonyl (C=O) groups excluding carboxylic acids is 4. The van der Waals surface area contributed by atoms with E-state index in [1.165, 1.54) is 12.0 Å². The number of nitrogens with one attached hydrogen (secondary N) is 1. The van der Waals surface area contributed by atoms with Gasteiger partial charge in [0.1, 0.15) is 0 Å². The number of aromatic hydroxyl groups is 1. The number of aryl methyl sites for hydroxylation is 1. The van der Waals surface area contributed by atoms with Crippen LogP contribution in [0.4, 0.5) is 5.69 Å². The number of phenols is 1. The molecule has 10 heteroatoms. The minimum Gasteiger partial charge on any atom is -0.503 e. The van der Waals surface area contributed by atoms with Gasteiger partial charge in [0, 0.05) is 12.5 Å². The maximum atomic E-state index is 15.1. The van der Waals surface area contributed by atoms with Gasteiger partial charge in [-0.25, -0.2) is 0 Å². The van der Waals surface area contributed by atoms with Crippen molar-refractivity contribution in [3.05, 3.63) is 100 Å². The first-order chi connectivity index (χ1) is 22.1. The van der Waals surface area contributed by atoms with E-state index < -0.39 is 46.8 Å². The number of amides is 4. The molecule has 4 amide bonds. The summed E-state index contributed by atoms with van der Waals surface area (Å²) in [5.41, 5.74) is 5.27. The Kier molecular flexibility index (Phi) is 7.20. The highest BCUT2D eigenvalue weighted by molar-refractivity contribution is 6.32. The third kappa shape index (κ3) is 4.14. The van der Waals surface area contributed by atoms with Crippen LogP contribution >= 0.6 is 11.6 Å². The molecule has 3 aromatic rings. The fourth-order valence-electron chi connectivity index (χ4n) is 8.42. The number of benzene rings is 3. The Hall–Kier alpha value is -4.63. The summed E-state index contributed by atoms with van der Waals surface area (Å²) in [6, 6.07) is 19.9. The quantitative estimate of drug-likeness (QED) is 0.275. The van der Waals surface area contributed by atoms with E-state index in [9.17, 15) is 19.5 Å². The van der Waals surface area contributed by atoms with Gasteiger partial charge < -0.3 is 9.84 Å². The molecule has 3 aromatic carbocycles. The maximum Gasteiger partial charge on any atom is 0.260 e. The number of halogens is 1. The van der Waals surface area contributed by atoms with Gasteiger partial charge in [-0.15, -0.1) is 0 Å². The molecule has 2 aliphatic heterocycles. The van der Waals surface area contributed by atoms with E-state index in [4.69, 9.17) is 16.3 Å². The molecule has 2 N–H and O–H groups in total. The highest BCUT2D eigenvalue weighted by atomic mass is 35.5. The number of carbonyl (C=O) groups is 4. The van der Waals surface area contributed by atoms with Crippen LogP contribution in [0.2, 0.25) is 5.02 Å². The molecule has 0 radical (unpaired) electrons. The summed E-state index contributed by atoms with van der Waals surface area (Å²) < 4.78 is 5.50. The second kappa shape index (κ2) is 11.0. The first-order valence-electron chi connectivity index (χ1n) is 15.5. The number of methoxy groups -OCH3 is 1. The van der Waals surface area contributed by atoms with Gasteiger partial charge in [0.25, 0.3) is 11.8 Å². The minimum atomic E-state index is -1.44. The average Bonchev–Trinajstić information content (AvgIpc) is 3.44. The van der Waals surface area contributed by atoms with E-state index >= 15 is 4.79 Å². The Balaban J connectivity index is 1.48. The second-order valence-corrected chi connectivity index (χ2v) is 13.0. The van der Waals surface area contributed by atoms with Crippen LogP contribution < -0.4 is 10.2 Å². The van der Waals surface area contributed by atoms with E-state index in [2.05, 4.69) is 5.43 Å². The van der Waals surface area contributed by atoms with Crippen LogP contribution in [0.5, 0.6) is 11.5 Å². The van der Waals surface area contributed by atoms with Gasteiger partial charge in [-0.2, -0.15) is 5.01 Å². The molecule has 6 atom stereocenters. The van der Waals surface area contributed by atoms with Crippen molar-refractivity contribution in [2.45, 2.75) is 38.0 Å². The minimum absolute atomic E-state index is 0.0289. The number of ether oxygens (including phenoxy) is 1. The Labute approximate surface area is 271 Å². The van der Waals surface area contributed by atoms with Gasteiger partial charge in [0.05, 0.1) is 41.0 Å². The number of allylic oxidation sites excluding steroid dienone is 2. The lowest BCUT2D eigenvalue weighted by Gasteiger charge is -2.50. The number of hydrogen-bond acceptors (Lipinski definition) is 7. The van der Waals surface area contributed by atoms with E-state index in [0.29, 0.717) is 23.2 Å². The van der Waals surface area contributed by atoms with Gasteiger partial charge in [0.15, 0.2) is 11.5 Å². The van der Waals surface area contributed by atoms with Gasteiger partial charge >= 0.3 is 0 Å². The predicted octanol–water partition coefficient (Wildman–Crippen LogP) is 5.37. The van der Waals surface area contributed by atoms with Crippen molar-refractivity contribution in [1.82, 2.24) is 9.91 Å². The Bertz CT molecular complexity index is 1810. The first kappa shape index (κ1) is 30.0. The van der Waals surface area contributed by atoms with Crippen molar-refractivity contribution < 1.29 is 29.0 Å². The molecule has 4 aliphatic rings. The Morgan fingerprint density at radius 2 is 1.70 bits per heavy atom. The largest absolute Gasteiger partial charge is 0.503 e. The number of nitrogens with zero attached hydrogens (tertiary/aromatic N) is 2. The van der Waals surface area contributed by atoms with Gasteiger partial charge in [-0.1, -0.05) is 71.3 Å². The van der Waals surface area contributed by atoms with Crippen LogP contribution in [0, 0.1) is 30.6 Å². The molecule has 0 bridgehead atoms. The van der Waals surface area contributed by atoms with Crippen LogP contribution in [0.1, 0.15) is 42.4 Å². The molecule has 0 spiro atoms. The van der Waals surface area contributed by atoms with E-state index in [1.807, 2.05) is 67.6 Å². The van der Waals surface area contributed by atoms with Crippen LogP contribution in [0.3, 0.4) is 0 Å². The number of hydrazine groups is 1. The third-order valence-electron chi connectivity index (χ3n) is 10.4. The summed E-state index contributed by atoms with van der Waals surface area (Å²) in [7, 11) is 1.42. The van der Waals surface area contributed by atoms with E-state index in [1.54, 1.807) is 19.1 Å². The number of likely N-dealkylation sites (tertiary alicyclic amines) is 1. The van der Waals surface area contributed by atoms with Gasteiger partial charge in [-0.05, 0) is 68.0 Å². The topological polar surface area (TPSA) is 116 Å². The third-order valence-corrected chi connectivity index (χ3v) is 10.7. The molecule has 2 heterocycles. The first-order valence-corrected chi connectivity index (χ1v) is 15.9. The van der Waals surface area contributed by atoms with Crippen molar-refractivity contribution >= 4 is 40.9 Å². The van der Waals surface area contributed by atoms with E-state index in [0.717, 1.165) is 16.1 Å². The number of imide groups is 2. The highest BCUT2D eigenvalue weighted by Crippen LogP contribution is 2.64. The molecule has 46 heavy (non-hydrogen) atoms. The summed E-state index contributed by atoms with van der Waals surface area (Å²) in [6.07, 6.45) is 2.53. The zero-order chi connectivity index (χ0) is 32.5. The molecule has 3 fully saturated rings. The molecule has 2 saturated heterocycles. The average molecular weight is 640 g/mol. The van der Waals surface area contributed by atoms with Crippen molar-refractivity contribution in [3.8, 4) is 11.5 Å². The van der Waals surface area contributed by atoms with Crippen molar-refractivity contribution in [2.75, 3.05) is 19.1 Å². The Morgan fingerprint density at radius 1 is 0.978 bits per heavy atom. The zero-order valence-electron chi connectivity index (χ0n) is 25.7. The summed E-state index contributed by atoms with van der Waals surface area (Å²) in [6.45, 7) is 4.00. The Morgan fingerprint density at radius 3 is 2.37 bits per heavy atom. The summed E-state index contributed by atoms with van der Waals surface area (Å²) in [4.78, 5) is 58.2. The maximum absolute atomic E-state index is 15.1. The van der Waals surface area contributed by atoms with Crippen LogP contribution in [0.15, 0.2) is 78.4 Å².